The molecule has 6 rings (SSSR count). The molecule has 10 nitrogen and oxygen atoms in total. The average Bonchev–Trinajstić information content (AvgIpc) is 2.92. The fourth-order valence-electron chi connectivity index (χ4n) is 4.74. The maximum Gasteiger partial charge on any atom is 0.351 e. The van der Waals surface area contributed by atoms with Crippen LogP contribution >= 0.6 is 0 Å². The van der Waals surface area contributed by atoms with Crippen LogP contribution in [0.1, 0.15) is 11.1 Å². The summed E-state index contributed by atoms with van der Waals surface area (Å²) in [5, 5.41) is 0. The van der Waals surface area contributed by atoms with Crippen molar-refractivity contribution in [3.63, 3.8) is 0 Å². The second-order valence-corrected chi connectivity index (χ2v) is 11.7. The van der Waals surface area contributed by atoms with E-state index in [1.165, 1.54) is 0 Å². The number of aromatic nitrogens is 3. The van der Waals surface area contributed by atoms with Crippen LogP contribution in [0.25, 0.3) is 11.3 Å². The summed E-state index contributed by atoms with van der Waals surface area (Å²) >= 11 is 0. The molecule has 1 unspecified atom stereocenters. The van der Waals surface area contributed by atoms with E-state index in [4.69, 9.17) is 14.2 Å². The first-order valence-electron chi connectivity index (χ1n) is 12.5. The molecule has 3 aromatic rings. The Morgan fingerprint density at radius 1 is 1.13 bits per heavy atom. The van der Waals surface area contributed by atoms with Crippen molar-refractivity contribution in [3.05, 3.63) is 64.2 Å². The van der Waals surface area contributed by atoms with E-state index < -0.39 is 9.84 Å². The van der Waals surface area contributed by atoms with Crippen LogP contribution in [-0.2, 0) is 22.8 Å². The van der Waals surface area contributed by atoms with Gasteiger partial charge >= 0.3 is 5.69 Å². The smallest absolute Gasteiger partial charge is 0.351 e. The van der Waals surface area contributed by atoms with Crippen molar-refractivity contribution in [2.75, 3.05) is 44.4 Å². The van der Waals surface area contributed by atoms with E-state index in [1.54, 1.807) is 29.0 Å². The van der Waals surface area contributed by atoms with Crippen molar-refractivity contribution >= 4 is 9.84 Å². The molecule has 1 aromatic carbocycles. The van der Waals surface area contributed by atoms with Crippen molar-refractivity contribution in [1.82, 2.24) is 19.4 Å². The van der Waals surface area contributed by atoms with Gasteiger partial charge in [0.25, 0.3) is 5.88 Å². The van der Waals surface area contributed by atoms with Crippen LogP contribution in [0.15, 0.2) is 47.4 Å². The van der Waals surface area contributed by atoms with Gasteiger partial charge in [-0.25, -0.2) is 18.2 Å². The number of aryl methyl sites for hydroxylation is 1. The first-order chi connectivity index (χ1) is 18.4. The third-order valence-corrected chi connectivity index (χ3v) is 8.41. The van der Waals surface area contributed by atoms with Crippen molar-refractivity contribution in [3.8, 4) is 40.6 Å². The Bertz CT molecular complexity index is 1590. The molecule has 196 valence electrons. The number of hydrogen-bond donors (Lipinski definition) is 0. The number of hydrogen-bond acceptors (Lipinski definition) is 9. The molecule has 5 heterocycles. The Morgan fingerprint density at radius 2 is 2.00 bits per heavy atom. The van der Waals surface area contributed by atoms with Crippen LogP contribution < -0.4 is 19.9 Å². The molecule has 1 saturated heterocycles. The van der Waals surface area contributed by atoms with E-state index in [2.05, 4.69) is 32.8 Å². The molecule has 0 bridgehead atoms. The number of nitrogens with zero attached hydrogens (tertiary/aromatic N) is 4. The second kappa shape index (κ2) is 10.1. The molecular weight excluding hydrogens is 508 g/mol. The highest BCUT2D eigenvalue weighted by atomic mass is 32.2. The number of pyridine rings is 1. The lowest BCUT2D eigenvalue weighted by Crippen LogP contribution is -2.40. The van der Waals surface area contributed by atoms with Crippen LogP contribution in [0.5, 0.6) is 17.5 Å². The summed E-state index contributed by atoms with van der Waals surface area (Å²) in [5.41, 5.74) is 3.34. The molecule has 11 heteroatoms. The second-order valence-electron chi connectivity index (χ2n) is 9.43. The summed E-state index contributed by atoms with van der Waals surface area (Å²) in [4.78, 5) is 23.0. The topological polar surface area (TPSA) is 113 Å². The van der Waals surface area contributed by atoms with E-state index in [9.17, 15) is 13.2 Å². The van der Waals surface area contributed by atoms with Gasteiger partial charge in [-0.1, -0.05) is 17.9 Å². The van der Waals surface area contributed by atoms with Gasteiger partial charge in [0.1, 0.15) is 13.2 Å². The van der Waals surface area contributed by atoms with Gasteiger partial charge < -0.3 is 14.2 Å². The minimum absolute atomic E-state index is 0.175. The molecule has 38 heavy (non-hydrogen) atoms. The molecule has 0 radical (unpaired) electrons. The molecular formula is C27H26N4O6S. The molecule has 0 N–H and O–H groups in total. The van der Waals surface area contributed by atoms with Crippen molar-refractivity contribution in [1.29, 1.82) is 0 Å². The largest absolute Gasteiger partial charge is 0.478 e. The van der Waals surface area contributed by atoms with Gasteiger partial charge in [0, 0.05) is 43.0 Å². The van der Waals surface area contributed by atoms with Gasteiger partial charge in [-0.2, -0.15) is 4.98 Å². The zero-order valence-electron chi connectivity index (χ0n) is 20.6. The van der Waals surface area contributed by atoms with E-state index in [0.29, 0.717) is 44.2 Å². The van der Waals surface area contributed by atoms with Crippen molar-refractivity contribution in [2.45, 2.75) is 19.1 Å². The number of fused-ring (bicyclic) bond motifs is 4. The summed E-state index contributed by atoms with van der Waals surface area (Å²) < 4.78 is 42.2. The van der Waals surface area contributed by atoms with Crippen LogP contribution in [0, 0.1) is 11.8 Å². The standard InChI is InChI=1S/C27H26N4O6S/c32-27-29-25(35-17-21-18-36-26-24(37-21)4-1-8-28-26)16-23-22-6-5-19(15-20(22)7-10-31(23)27)3-2-9-30-11-13-38(33,34)14-12-30/h1,4-6,8,15-16,21H,7,9-14,17-18H2. The van der Waals surface area contributed by atoms with Gasteiger partial charge in [-0.15, -0.1) is 0 Å². The summed E-state index contributed by atoms with van der Waals surface area (Å²) in [5.74, 6) is 8.00. The number of benzene rings is 1. The SMILES string of the molecule is O=c1nc(OCC2COc3ncccc3O2)cc2n1CCc1cc(C#CCN3CCS(=O)(=O)CC3)ccc1-2. The van der Waals surface area contributed by atoms with Crippen LogP contribution in [-0.4, -0.2) is 78.3 Å². The van der Waals surface area contributed by atoms with E-state index >= 15 is 0 Å². The van der Waals surface area contributed by atoms with Gasteiger partial charge in [-0.3, -0.25) is 9.47 Å². The highest BCUT2D eigenvalue weighted by Crippen LogP contribution is 2.31. The van der Waals surface area contributed by atoms with Gasteiger partial charge in [0.05, 0.1) is 23.7 Å². The van der Waals surface area contributed by atoms with Crippen LogP contribution in [0.3, 0.4) is 0 Å². The summed E-state index contributed by atoms with van der Waals surface area (Å²) in [6.07, 6.45) is 1.99. The first kappa shape index (κ1) is 24.5. The maximum atomic E-state index is 12.8. The van der Waals surface area contributed by atoms with Gasteiger partial charge in [-0.05, 0) is 36.2 Å². The summed E-state index contributed by atoms with van der Waals surface area (Å²) in [7, 11) is -2.90. The van der Waals surface area contributed by atoms with Crippen LogP contribution in [0.2, 0.25) is 0 Å². The van der Waals surface area contributed by atoms with Crippen molar-refractivity contribution in [2.24, 2.45) is 0 Å². The summed E-state index contributed by atoms with van der Waals surface area (Å²) in [6, 6.07) is 11.3. The Hall–Kier alpha value is -3.88. The molecule has 2 aromatic heterocycles. The van der Waals surface area contributed by atoms with Crippen molar-refractivity contribution < 1.29 is 22.6 Å². The Balaban J connectivity index is 1.14. The third kappa shape index (κ3) is 5.23. The molecule has 0 aliphatic carbocycles. The Morgan fingerprint density at radius 3 is 2.87 bits per heavy atom. The lowest BCUT2D eigenvalue weighted by molar-refractivity contribution is 0.0486. The van der Waals surface area contributed by atoms with Gasteiger partial charge in [0.2, 0.25) is 5.88 Å². The molecule has 3 aliphatic heterocycles. The third-order valence-electron chi connectivity index (χ3n) is 6.80. The highest BCUT2D eigenvalue weighted by molar-refractivity contribution is 7.91. The lowest BCUT2D eigenvalue weighted by atomic mass is 9.95. The molecule has 0 amide bonds. The van der Waals surface area contributed by atoms with Crippen LogP contribution in [0.4, 0.5) is 0 Å². The zero-order valence-corrected chi connectivity index (χ0v) is 21.4. The Kier molecular flexibility index (Phi) is 6.51. The average molecular weight is 535 g/mol. The number of ether oxygens (including phenoxy) is 3. The van der Waals surface area contributed by atoms with E-state index in [0.717, 1.165) is 22.4 Å². The molecule has 0 spiro atoms. The predicted octanol–water partition coefficient (Wildman–Crippen LogP) is 1.16. The number of sulfone groups is 1. The predicted molar refractivity (Wildman–Crippen MR) is 139 cm³/mol. The van der Waals surface area contributed by atoms with Gasteiger partial charge in [0.15, 0.2) is 21.7 Å². The maximum absolute atomic E-state index is 12.8. The summed E-state index contributed by atoms with van der Waals surface area (Å²) in [6.45, 7) is 2.57. The minimum Gasteiger partial charge on any atom is -0.478 e. The van der Waals surface area contributed by atoms with E-state index in [-0.39, 0.29) is 42.4 Å². The fraction of sp³-hybridized carbons (Fsp3) is 0.370. The lowest BCUT2D eigenvalue weighted by Gasteiger charge is -2.25. The normalized spacial score (nSPS) is 19.4. The molecule has 1 fully saturated rings. The minimum atomic E-state index is -2.90. The number of rotatable bonds is 4. The quantitative estimate of drug-likeness (QED) is 0.455. The molecule has 1 atom stereocenters. The van der Waals surface area contributed by atoms with E-state index in [1.807, 2.05) is 12.1 Å². The molecule has 3 aliphatic rings. The highest BCUT2D eigenvalue weighted by Gasteiger charge is 2.24. The fourth-order valence-corrected chi connectivity index (χ4v) is 6.02. The Labute approximate surface area is 220 Å². The molecule has 0 saturated carbocycles. The monoisotopic (exact) mass is 534 g/mol. The first-order valence-corrected chi connectivity index (χ1v) is 14.3. The zero-order chi connectivity index (χ0) is 26.1.